The monoisotopic (exact) mass is 475 g/mol. The normalized spacial score (nSPS) is 27.8. The van der Waals surface area contributed by atoms with Crippen molar-refractivity contribution >= 4 is 7.60 Å². The SMILES string of the molecule is CC#Cc1[nH]c(=O)c(C)c(F)c1[C@@H]1O[C@H](CC(C)(CC)OP(=O)(O)C(O)CC)C(O)[C@@H]1O. The zero-order chi connectivity index (χ0) is 24.4. The molecule has 0 radical (unpaired) electrons. The van der Waals surface area contributed by atoms with E-state index in [9.17, 15) is 34.0 Å². The van der Waals surface area contributed by atoms with Gasteiger partial charge in [0.25, 0.3) is 5.56 Å². The molecule has 7 atom stereocenters. The Kier molecular flexibility index (Phi) is 8.46. The molecule has 1 fully saturated rings. The fourth-order valence-electron chi connectivity index (χ4n) is 3.61. The number of aromatic nitrogens is 1. The summed E-state index contributed by atoms with van der Waals surface area (Å²) < 4.78 is 38.6. The van der Waals surface area contributed by atoms with E-state index < -0.39 is 54.8 Å². The van der Waals surface area contributed by atoms with Crippen LogP contribution in [0.5, 0.6) is 0 Å². The Morgan fingerprint density at radius 2 is 1.97 bits per heavy atom. The average molecular weight is 475 g/mol. The van der Waals surface area contributed by atoms with Gasteiger partial charge in [-0.1, -0.05) is 19.8 Å². The number of aromatic amines is 1. The lowest BCUT2D eigenvalue weighted by Crippen LogP contribution is -2.39. The van der Waals surface area contributed by atoms with Crippen LogP contribution < -0.4 is 5.56 Å². The van der Waals surface area contributed by atoms with Gasteiger partial charge < -0.3 is 34.5 Å². The van der Waals surface area contributed by atoms with Crippen molar-refractivity contribution in [2.24, 2.45) is 0 Å². The summed E-state index contributed by atoms with van der Waals surface area (Å²) in [5.74, 6) is 2.67. The molecule has 1 saturated heterocycles. The highest BCUT2D eigenvalue weighted by molar-refractivity contribution is 7.53. The summed E-state index contributed by atoms with van der Waals surface area (Å²) in [5, 5.41) is 31.0. The van der Waals surface area contributed by atoms with Crippen molar-refractivity contribution in [3.8, 4) is 11.8 Å². The summed E-state index contributed by atoms with van der Waals surface area (Å²) >= 11 is 0. The number of hydrogen-bond acceptors (Lipinski definition) is 7. The number of pyridine rings is 1. The first-order valence-corrected chi connectivity index (χ1v) is 12.0. The Balaban J connectivity index is 2.38. The van der Waals surface area contributed by atoms with Crippen molar-refractivity contribution in [3.63, 3.8) is 0 Å². The molecule has 1 aromatic heterocycles. The third-order valence-electron chi connectivity index (χ3n) is 5.78. The Bertz CT molecular complexity index is 1000. The van der Waals surface area contributed by atoms with Gasteiger partial charge in [0.2, 0.25) is 0 Å². The number of rotatable bonds is 8. The first kappa shape index (κ1) is 26.7. The molecule has 5 N–H and O–H groups in total. The molecule has 0 aliphatic carbocycles. The molecule has 11 heteroatoms. The molecule has 4 unspecified atom stereocenters. The highest BCUT2D eigenvalue weighted by Crippen LogP contribution is 2.53. The van der Waals surface area contributed by atoms with E-state index in [1.165, 1.54) is 27.7 Å². The standard InChI is InChI=1S/C21H31FNO8P/c1-6-9-12-15(16(22)11(4)20(27)23-12)19-18(26)17(25)13(30-19)10-21(5,8-3)31-32(28,29)14(24)7-2/h13-14,17-19,24-26H,7-8,10H2,1-5H3,(H,23,27)(H,28,29)/t13-,14?,17?,18+,19+,21?/m1/s1. The van der Waals surface area contributed by atoms with Gasteiger partial charge in [-0.15, -0.1) is 0 Å². The molecule has 1 aromatic rings. The summed E-state index contributed by atoms with van der Waals surface area (Å²) in [7, 11) is -4.39. The number of aliphatic hydroxyl groups is 3. The largest absolute Gasteiger partial charge is 0.388 e. The Morgan fingerprint density at radius 1 is 1.34 bits per heavy atom. The van der Waals surface area contributed by atoms with Gasteiger partial charge in [0.05, 0.1) is 22.8 Å². The quantitative estimate of drug-likeness (QED) is 0.282. The van der Waals surface area contributed by atoms with Crippen LogP contribution in [0.1, 0.15) is 69.9 Å². The highest BCUT2D eigenvalue weighted by atomic mass is 31.2. The third kappa shape index (κ3) is 5.32. The third-order valence-corrected chi connectivity index (χ3v) is 7.61. The molecule has 2 heterocycles. The maximum Gasteiger partial charge on any atom is 0.356 e. The predicted molar refractivity (Wildman–Crippen MR) is 114 cm³/mol. The van der Waals surface area contributed by atoms with Crippen LogP contribution >= 0.6 is 7.60 Å². The Labute approximate surface area is 186 Å². The lowest BCUT2D eigenvalue weighted by Gasteiger charge is -2.34. The summed E-state index contributed by atoms with van der Waals surface area (Å²) in [5.41, 5.74) is -2.44. The van der Waals surface area contributed by atoms with Crippen molar-refractivity contribution < 1.29 is 38.4 Å². The second kappa shape index (κ2) is 10.1. The van der Waals surface area contributed by atoms with Crippen molar-refractivity contribution in [2.45, 2.75) is 89.7 Å². The zero-order valence-electron chi connectivity index (χ0n) is 18.8. The predicted octanol–water partition coefficient (Wildman–Crippen LogP) is 1.84. The van der Waals surface area contributed by atoms with Gasteiger partial charge in [-0.05, 0) is 39.5 Å². The zero-order valence-corrected chi connectivity index (χ0v) is 19.6. The molecule has 0 aromatic carbocycles. The molecule has 0 saturated carbocycles. The minimum atomic E-state index is -4.39. The molecule has 0 amide bonds. The van der Waals surface area contributed by atoms with Crippen molar-refractivity contribution in [2.75, 3.05) is 0 Å². The number of halogens is 1. The Morgan fingerprint density at radius 3 is 2.50 bits per heavy atom. The molecule has 1 aliphatic rings. The molecule has 2 rings (SSSR count). The van der Waals surface area contributed by atoms with E-state index in [0.717, 1.165) is 0 Å². The van der Waals surface area contributed by atoms with Crippen LogP contribution in [-0.4, -0.2) is 55.0 Å². The summed E-state index contributed by atoms with van der Waals surface area (Å²) in [6.45, 7) is 7.50. The second-order valence-electron chi connectivity index (χ2n) is 8.18. The summed E-state index contributed by atoms with van der Waals surface area (Å²) in [6.07, 6.45) is -5.36. The smallest absolute Gasteiger partial charge is 0.356 e. The number of ether oxygens (including phenoxy) is 1. The number of nitrogens with one attached hydrogen (secondary N) is 1. The number of aliphatic hydroxyl groups excluding tert-OH is 3. The van der Waals surface area contributed by atoms with Gasteiger partial charge in [0, 0.05) is 6.42 Å². The van der Waals surface area contributed by atoms with E-state index in [-0.39, 0.29) is 36.1 Å². The molecule has 0 spiro atoms. The van der Waals surface area contributed by atoms with Crippen LogP contribution in [0.15, 0.2) is 4.79 Å². The van der Waals surface area contributed by atoms with Crippen molar-refractivity contribution in [3.05, 3.63) is 33.0 Å². The van der Waals surface area contributed by atoms with Crippen LogP contribution in [0, 0.1) is 24.6 Å². The molecule has 180 valence electrons. The highest BCUT2D eigenvalue weighted by Gasteiger charge is 2.49. The molecule has 0 bridgehead atoms. The molecular formula is C21H31FNO8P. The second-order valence-corrected chi connectivity index (χ2v) is 10.1. The van der Waals surface area contributed by atoms with Gasteiger partial charge in [-0.2, -0.15) is 0 Å². The van der Waals surface area contributed by atoms with E-state index in [1.807, 2.05) is 0 Å². The Hall–Kier alpha value is -1.57. The fourth-order valence-corrected chi connectivity index (χ4v) is 5.03. The van der Waals surface area contributed by atoms with Crippen LogP contribution in [0.4, 0.5) is 4.39 Å². The van der Waals surface area contributed by atoms with Crippen LogP contribution in [0.2, 0.25) is 0 Å². The van der Waals surface area contributed by atoms with Gasteiger partial charge in [-0.25, -0.2) is 4.39 Å². The van der Waals surface area contributed by atoms with Crippen LogP contribution in [0.25, 0.3) is 0 Å². The van der Waals surface area contributed by atoms with Gasteiger partial charge in [0.1, 0.15) is 29.8 Å². The van der Waals surface area contributed by atoms with Crippen LogP contribution in [0.3, 0.4) is 0 Å². The van der Waals surface area contributed by atoms with E-state index in [2.05, 4.69) is 16.8 Å². The first-order valence-electron chi connectivity index (χ1n) is 10.4. The molecule has 32 heavy (non-hydrogen) atoms. The minimum Gasteiger partial charge on any atom is -0.388 e. The molecule has 9 nitrogen and oxygen atoms in total. The number of H-pyrrole nitrogens is 1. The molecule has 1 aliphatic heterocycles. The average Bonchev–Trinajstić information content (AvgIpc) is 2.99. The minimum absolute atomic E-state index is 0.00297. The van der Waals surface area contributed by atoms with Gasteiger partial charge >= 0.3 is 7.60 Å². The summed E-state index contributed by atoms with van der Waals surface area (Å²) in [6, 6.07) is 0. The fraction of sp³-hybridized carbons (Fsp3) is 0.667. The van der Waals surface area contributed by atoms with Gasteiger partial charge in [0.15, 0.2) is 5.85 Å². The summed E-state index contributed by atoms with van der Waals surface area (Å²) in [4.78, 5) is 24.5. The van der Waals surface area contributed by atoms with E-state index in [1.54, 1.807) is 6.92 Å². The van der Waals surface area contributed by atoms with E-state index in [4.69, 9.17) is 9.26 Å². The molecular weight excluding hydrogens is 444 g/mol. The van der Waals surface area contributed by atoms with E-state index >= 15 is 0 Å². The van der Waals surface area contributed by atoms with Crippen molar-refractivity contribution in [1.82, 2.24) is 4.98 Å². The van der Waals surface area contributed by atoms with Crippen LogP contribution in [-0.2, 0) is 13.8 Å². The first-order chi connectivity index (χ1) is 14.8. The van der Waals surface area contributed by atoms with E-state index in [0.29, 0.717) is 0 Å². The lowest BCUT2D eigenvalue weighted by atomic mass is 9.92. The maximum atomic E-state index is 15.0. The number of hydrogen-bond donors (Lipinski definition) is 5. The van der Waals surface area contributed by atoms with Gasteiger partial charge in [-0.3, -0.25) is 9.36 Å². The van der Waals surface area contributed by atoms with Crippen molar-refractivity contribution in [1.29, 1.82) is 0 Å². The lowest BCUT2D eigenvalue weighted by molar-refractivity contribution is -0.0500. The maximum absolute atomic E-state index is 15.0. The topological polar surface area (TPSA) is 149 Å².